The van der Waals surface area contributed by atoms with E-state index in [-0.39, 0.29) is 6.04 Å². The minimum Gasteiger partial charge on any atom is -0.480 e. The molecule has 7 nitrogen and oxygen atoms in total. The van der Waals surface area contributed by atoms with Crippen LogP contribution >= 0.6 is 0 Å². The highest BCUT2D eigenvalue weighted by atomic mass is 16.5. The van der Waals surface area contributed by atoms with Crippen LogP contribution < -0.4 is 14.8 Å². The second-order valence-corrected chi connectivity index (χ2v) is 4.59. The van der Waals surface area contributed by atoms with Crippen molar-refractivity contribution in [2.75, 3.05) is 21.3 Å². The number of rotatable bonds is 6. The molecule has 0 saturated heterocycles. The lowest BCUT2D eigenvalue weighted by atomic mass is 10.0. The van der Waals surface area contributed by atoms with Gasteiger partial charge in [0, 0.05) is 18.8 Å². The zero-order valence-electron chi connectivity index (χ0n) is 13.0. The molecule has 0 saturated carbocycles. The van der Waals surface area contributed by atoms with Gasteiger partial charge in [0.1, 0.15) is 5.69 Å². The molecular formula is C14H21N5O2. The summed E-state index contributed by atoms with van der Waals surface area (Å²) in [6.45, 7) is 2.08. The van der Waals surface area contributed by atoms with Gasteiger partial charge in [-0.2, -0.15) is 10.1 Å². The maximum absolute atomic E-state index is 5.35. The summed E-state index contributed by atoms with van der Waals surface area (Å²) in [6, 6.07) is -0.137. The molecule has 21 heavy (non-hydrogen) atoms. The zero-order chi connectivity index (χ0) is 15.4. The Morgan fingerprint density at radius 2 is 2.10 bits per heavy atom. The summed E-state index contributed by atoms with van der Waals surface area (Å²) >= 11 is 0. The Morgan fingerprint density at radius 3 is 2.67 bits per heavy atom. The Kier molecular flexibility index (Phi) is 4.74. The fourth-order valence-electron chi connectivity index (χ4n) is 2.32. The third-order valence-electron chi connectivity index (χ3n) is 3.29. The molecule has 1 atom stereocenters. The average Bonchev–Trinajstić information content (AvgIpc) is 2.89. The molecule has 2 heterocycles. The van der Waals surface area contributed by atoms with Gasteiger partial charge in [-0.1, -0.05) is 6.92 Å². The van der Waals surface area contributed by atoms with E-state index in [2.05, 4.69) is 27.3 Å². The number of hydrogen-bond donors (Lipinski definition) is 1. The van der Waals surface area contributed by atoms with Crippen LogP contribution in [0.25, 0.3) is 0 Å². The fraction of sp³-hybridized carbons (Fsp3) is 0.500. The predicted molar refractivity (Wildman–Crippen MR) is 78.6 cm³/mol. The van der Waals surface area contributed by atoms with Gasteiger partial charge in [0.05, 0.1) is 32.2 Å². The molecule has 2 rings (SSSR count). The molecular weight excluding hydrogens is 270 g/mol. The van der Waals surface area contributed by atoms with Gasteiger partial charge in [0.25, 0.3) is 0 Å². The smallest absolute Gasteiger partial charge is 0.240 e. The molecule has 0 aromatic carbocycles. The van der Waals surface area contributed by atoms with Crippen LogP contribution in [0.3, 0.4) is 0 Å². The lowest BCUT2D eigenvalue weighted by molar-refractivity contribution is 0.353. The third kappa shape index (κ3) is 2.97. The number of aryl methyl sites for hydroxylation is 2. The summed E-state index contributed by atoms with van der Waals surface area (Å²) in [5, 5.41) is 7.73. The van der Waals surface area contributed by atoms with Crippen LogP contribution in [0.1, 0.15) is 29.9 Å². The Labute approximate surface area is 124 Å². The highest BCUT2D eigenvalue weighted by Gasteiger charge is 2.24. The van der Waals surface area contributed by atoms with E-state index in [0.717, 1.165) is 17.7 Å². The van der Waals surface area contributed by atoms with E-state index in [0.29, 0.717) is 17.5 Å². The van der Waals surface area contributed by atoms with Crippen LogP contribution in [0.5, 0.6) is 11.8 Å². The Bertz CT molecular complexity index is 611. The van der Waals surface area contributed by atoms with Gasteiger partial charge in [-0.05, 0) is 13.5 Å². The lowest BCUT2D eigenvalue weighted by Crippen LogP contribution is -2.21. The van der Waals surface area contributed by atoms with Gasteiger partial charge in [-0.15, -0.1) is 0 Å². The Hall–Kier alpha value is -2.15. The molecule has 2 aromatic heterocycles. The minimum atomic E-state index is -0.137. The minimum absolute atomic E-state index is 0.137. The van der Waals surface area contributed by atoms with Crippen molar-refractivity contribution in [1.29, 1.82) is 0 Å². The Balaban J connectivity index is 2.50. The molecule has 1 unspecified atom stereocenters. The first-order valence-electron chi connectivity index (χ1n) is 6.79. The molecule has 0 bridgehead atoms. The summed E-state index contributed by atoms with van der Waals surface area (Å²) < 4.78 is 12.2. The molecule has 0 radical (unpaired) electrons. The topological polar surface area (TPSA) is 74.1 Å². The van der Waals surface area contributed by atoms with Gasteiger partial charge in [-0.25, -0.2) is 4.98 Å². The summed E-state index contributed by atoms with van der Waals surface area (Å²) in [5.74, 6) is 0.868. The van der Waals surface area contributed by atoms with Crippen molar-refractivity contribution in [2.24, 2.45) is 7.05 Å². The maximum Gasteiger partial charge on any atom is 0.240 e. The van der Waals surface area contributed by atoms with Crippen molar-refractivity contribution >= 4 is 0 Å². The highest BCUT2D eigenvalue weighted by molar-refractivity contribution is 5.35. The van der Waals surface area contributed by atoms with E-state index >= 15 is 0 Å². The van der Waals surface area contributed by atoms with Gasteiger partial charge < -0.3 is 14.8 Å². The second kappa shape index (κ2) is 6.53. The number of nitrogens with zero attached hydrogens (tertiary/aromatic N) is 4. The first-order valence-corrected chi connectivity index (χ1v) is 6.79. The van der Waals surface area contributed by atoms with E-state index in [9.17, 15) is 0 Å². The second-order valence-electron chi connectivity index (χ2n) is 4.59. The van der Waals surface area contributed by atoms with Crippen molar-refractivity contribution in [3.05, 3.63) is 29.3 Å². The van der Waals surface area contributed by atoms with Crippen molar-refractivity contribution in [3.8, 4) is 11.8 Å². The van der Waals surface area contributed by atoms with Crippen LogP contribution in [0.15, 0.2) is 12.4 Å². The molecule has 0 aliphatic heterocycles. The molecule has 0 spiro atoms. The van der Waals surface area contributed by atoms with Crippen LogP contribution in [0, 0.1) is 0 Å². The van der Waals surface area contributed by atoms with Gasteiger partial charge >= 0.3 is 0 Å². The highest BCUT2D eigenvalue weighted by Crippen LogP contribution is 2.29. The van der Waals surface area contributed by atoms with E-state index < -0.39 is 0 Å². The van der Waals surface area contributed by atoms with Crippen LogP contribution in [0.4, 0.5) is 0 Å². The molecule has 2 aromatic rings. The van der Waals surface area contributed by atoms with E-state index in [4.69, 9.17) is 9.47 Å². The monoisotopic (exact) mass is 291 g/mol. The van der Waals surface area contributed by atoms with Crippen LogP contribution in [0.2, 0.25) is 0 Å². The molecule has 1 N–H and O–H groups in total. The standard InChI is InChI=1S/C14H21N5O2/c1-6-10-9(8-19(3)18-10)12(15-2)13-14(21-5)17-11(20-4)7-16-13/h7-8,12,15H,6H2,1-5H3. The van der Waals surface area contributed by atoms with Crippen LogP contribution in [-0.4, -0.2) is 41.0 Å². The first kappa shape index (κ1) is 15.2. The summed E-state index contributed by atoms with van der Waals surface area (Å²) in [4.78, 5) is 8.73. The average molecular weight is 291 g/mol. The molecule has 0 aliphatic rings. The van der Waals surface area contributed by atoms with Crippen molar-refractivity contribution in [1.82, 2.24) is 25.1 Å². The van der Waals surface area contributed by atoms with E-state index in [1.165, 1.54) is 0 Å². The van der Waals surface area contributed by atoms with Crippen molar-refractivity contribution in [3.63, 3.8) is 0 Å². The molecule has 0 fully saturated rings. The van der Waals surface area contributed by atoms with Gasteiger partial charge in [0.15, 0.2) is 0 Å². The first-order chi connectivity index (χ1) is 10.1. The number of hydrogen-bond acceptors (Lipinski definition) is 6. The predicted octanol–water partition coefficient (Wildman–Crippen LogP) is 1.10. The van der Waals surface area contributed by atoms with Gasteiger partial charge in [0.2, 0.25) is 11.8 Å². The van der Waals surface area contributed by atoms with E-state index in [1.807, 2.05) is 25.0 Å². The number of ether oxygens (including phenoxy) is 2. The van der Waals surface area contributed by atoms with Crippen LogP contribution in [-0.2, 0) is 13.5 Å². The largest absolute Gasteiger partial charge is 0.480 e. The van der Waals surface area contributed by atoms with Crippen molar-refractivity contribution in [2.45, 2.75) is 19.4 Å². The molecule has 114 valence electrons. The van der Waals surface area contributed by atoms with Gasteiger partial charge in [-0.3, -0.25) is 4.68 Å². The summed E-state index contributed by atoms with van der Waals surface area (Å²) in [5.41, 5.74) is 2.81. The lowest BCUT2D eigenvalue weighted by Gasteiger charge is -2.17. The number of aromatic nitrogens is 4. The Morgan fingerprint density at radius 1 is 1.33 bits per heavy atom. The number of nitrogens with one attached hydrogen (secondary N) is 1. The zero-order valence-corrected chi connectivity index (χ0v) is 13.0. The SMILES string of the molecule is CCc1nn(C)cc1C(NC)c1ncc(OC)nc1OC. The maximum atomic E-state index is 5.35. The quantitative estimate of drug-likeness (QED) is 0.859. The number of methoxy groups -OCH3 is 2. The van der Waals surface area contributed by atoms with E-state index in [1.54, 1.807) is 20.4 Å². The molecule has 7 heteroatoms. The molecule has 0 aliphatic carbocycles. The summed E-state index contributed by atoms with van der Waals surface area (Å²) in [6.07, 6.45) is 4.43. The molecule has 0 amide bonds. The third-order valence-corrected chi connectivity index (χ3v) is 3.29. The summed E-state index contributed by atoms with van der Waals surface area (Å²) in [7, 11) is 6.91. The van der Waals surface area contributed by atoms with Crippen molar-refractivity contribution < 1.29 is 9.47 Å². The fourth-order valence-corrected chi connectivity index (χ4v) is 2.32. The normalized spacial score (nSPS) is 12.2.